The van der Waals surface area contributed by atoms with Gasteiger partial charge in [-0.15, -0.1) is 0 Å². The van der Waals surface area contributed by atoms with Crippen molar-refractivity contribution in [2.24, 2.45) is 0 Å². The van der Waals surface area contributed by atoms with Gasteiger partial charge in [-0.2, -0.15) is 0 Å². The highest BCUT2D eigenvalue weighted by Crippen LogP contribution is 2.27. The van der Waals surface area contributed by atoms with Crippen LogP contribution in [0.25, 0.3) is 0 Å². The van der Waals surface area contributed by atoms with Crippen molar-refractivity contribution in [1.29, 1.82) is 0 Å². The first-order valence-corrected chi connectivity index (χ1v) is 5.57. The first kappa shape index (κ1) is 10.8. The summed E-state index contributed by atoms with van der Waals surface area (Å²) in [6.07, 6.45) is 4.74. The third-order valence-corrected chi connectivity index (χ3v) is 3.05. The number of rotatable bonds is 3. The van der Waals surface area contributed by atoms with Gasteiger partial charge in [-0.3, -0.25) is 0 Å². The summed E-state index contributed by atoms with van der Waals surface area (Å²) in [5.41, 5.74) is 7.07. The molecule has 4 nitrogen and oxygen atoms in total. The Kier molecular flexibility index (Phi) is 2.99. The average Bonchev–Trinajstić information content (AvgIpc) is 2.73. The maximum absolute atomic E-state index is 10.9. The fourth-order valence-corrected chi connectivity index (χ4v) is 2.17. The molecular formula is C12H16N2O2. The van der Waals surface area contributed by atoms with Gasteiger partial charge in [-0.25, -0.2) is 4.79 Å². The van der Waals surface area contributed by atoms with Crippen LogP contribution in [0.3, 0.4) is 0 Å². The molecule has 0 unspecified atom stereocenters. The highest BCUT2D eigenvalue weighted by Gasteiger charge is 2.17. The summed E-state index contributed by atoms with van der Waals surface area (Å²) in [4.78, 5) is 10.9. The van der Waals surface area contributed by atoms with Crippen molar-refractivity contribution in [2.45, 2.75) is 31.7 Å². The molecule has 0 bridgehead atoms. The van der Waals surface area contributed by atoms with Crippen molar-refractivity contribution in [2.75, 3.05) is 11.1 Å². The number of nitrogens with two attached hydrogens (primary N) is 1. The van der Waals surface area contributed by atoms with Crippen molar-refractivity contribution in [3.8, 4) is 0 Å². The topological polar surface area (TPSA) is 75.3 Å². The number of carboxylic acid groups (broad SMARTS) is 1. The maximum atomic E-state index is 10.9. The highest BCUT2D eigenvalue weighted by molar-refractivity contribution is 5.97. The van der Waals surface area contributed by atoms with Gasteiger partial charge in [-0.1, -0.05) is 18.9 Å². The molecule has 0 spiro atoms. The standard InChI is InChI=1S/C12H16N2O2/c13-11-9(12(15)16)6-3-7-10(11)14-8-4-1-2-5-8/h3,6-8,14H,1-2,4-5,13H2,(H,15,16). The predicted molar refractivity (Wildman–Crippen MR) is 63.7 cm³/mol. The minimum absolute atomic E-state index is 0.169. The van der Waals surface area contributed by atoms with E-state index in [0.29, 0.717) is 11.7 Å². The normalized spacial score (nSPS) is 16.2. The summed E-state index contributed by atoms with van der Waals surface area (Å²) < 4.78 is 0. The molecule has 0 heterocycles. The summed E-state index contributed by atoms with van der Waals surface area (Å²) in [5, 5.41) is 12.3. The van der Waals surface area contributed by atoms with E-state index in [2.05, 4.69) is 5.32 Å². The van der Waals surface area contributed by atoms with Crippen LogP contribution in [0, 0.1) is 0 Å². The lowest BCUT2D eigenvalue weighted by Gasteiger charge is -2.16. The smallest absolute Gasteiger partial charge is 0.337 e. The minimum Gasteiger partial charge on any atom is -0.478 e. The summed E-state index contributed by atoms with van der Waals surface area (Å²) in [6.45, 7) is 0. The average molecular weight is 220 g/mol. The molecule has 4 N–H and O–H groups in total. The Morgan fingerprint density at radius 1 is 1.38 bits per heavy atom. The van der Waals surface area contributed by atoms with Gasteiger partial charge in [0.1, 0.15) is 0 Å². The first-order chi connectivity index (χ1) is 7.68. The number of anilines is 2. The Labute approximate surface area is 94.5 Å². The van der Waals surface area contributed by atoms with E-state index in [1.54, 1.807) is 6.07 Å². The number of nitrogen functional groups attached to an aromatic ring is 1. The lowest BCUT2D eigenvalue weighted by atomic mass is 10.1. The predicted octanol–water partition coefficient (Wildman–Crippen LogP) is 2.32. The van der Waals surface area contributed by atoms with Gasteiger partial charge in [-0.05, 0) is 25.0 Å². The monoisotopic (exact) mass is 220 g/mol. The van der Waals surface area contributed by atoms with Crippen LogP contribution in [-0.2, 0) is 0 Å². The Balaban J connectivity index is 2.20. The second-order valence-corrected chi connectivity index (χ2v) is 4.20. The number of hydrogen-bond acceptors (Lipinski definition) is 3. The largest absolute Gasteiger partial charge is 0.478 e. The van der Waals surface area contributed by atoms with Crippen molar-refractivity contribution in [1.82, 2.24) is 0 Å². The van der Waals surface area contributed by atoms with Crippen molar-refractivity contribution in [3.63, 3.8) is 0 Å². The molecule has 0 aromatic heterocycles. The van der Waals surface area contributed by atoms with E-state index in [4.69, 9.17) is 10.8 Å². The molecule has 1 fully saturated rings. The zero-order chi connectivity index (χ0) is 11.5. The van der Waals surface area contributed by atoms with Crippen LogP contribution in [-0.4, -0.2) is 17.1 Å². The number of nitrogens with one attached hydrogen (secondary N) is 1. The first-order valence-electron chi connectivity index (χ1n) is 5.57. The summed E-state index contributed by atoms with van der Waals surface area (Å²) >= 11 is 0. The van der Waals surface area contributed by atoms with Crippen LogP contribution >= 0.6 is 0 Å². The fourth-order valence-electron chi connectivity index (χ4n) is 2.17. The number of carboxylic acids is 1. The maximum Gasteiger partial charge on any atom is 0.337 e. The molecule has 86 valence electrons. The quantitative estimate of drug-likeness (QED) is 0.683. The second-order valence-electron chi connectivity index (χ2n) is 4.20. The second kappa shape index (κ2) is 4.43. The molecular weight excluding hydrogens is 204 g/mol. The Morgan fingerprint density at radius 3 is 2.69 bits per heavy atom. The van der Waals surface area contributed by atoms with Gasteiger partial charge < -0.3 is 16.2 Å². The Hall–Kier alpha value is -1.71. The van der Waals surface area contributed by atoms with Crippen molar-refractivity contribution >= 4 is 17.3 Å². The van der Waals surface area contributed by atoms with E-state index in [1.165, 1.54) is 18.9 Å². The summed E-state index contributed by atoms with van der Waals surface area (Å²) in [7, 11) is 0. The van der Waals surface area contributed by atoms with E-state index >= 15 is 0 Å². The zero-order valence-electron chi connectivity index (χ0n) is 9.07. The molecule has 4 heteroatoms. The van der Waals surface area contributed by atoms with Gasteiger partial charge in [0.25, 0.3) is 0 Å². The highest BCUT2D eigenvalue weighted by atomic mass is 16.4. The molecule has 1 aromatic carbocycles. The van der Waals surface area contributed by atoms with Gasteiger partial charge in [0, 0.05) is 6.04 Å². The van der Waals surface area contributed by atoms with Crippen LogP contribution in [0.2, 0.25) is 0 Å². The summed E-state index contributed by atoms with van der Waals surface area (Å²) in [5.74, 6) is -0.979. The van der Waals surface area contributed by atoms with E-state index in [9.17, 15) is 4.79 Å². The van der Waals surface area contributed by atoms with Crippen molar-refractivity contribution < 1.29 is 9.90 Å². The minimum atomic E-state index is -0.979. The van der Waals surface area contributed by atoms with E-state index in [1.807, 2.05) is 6.07 Å². The number of para-hydroxylation sites is 1. The van der Waals surface area contributed by atoms with Crippen LogP contribution in [0.15, 0.2) is 18.2 Å². The lowest BCUT2D eigenvalue weighted by molar-refractivity contribution is 0.0698. The Morgan fingerprint density at radius 2 is 2.06 bits per heavy atom. The van der Waals surface area contributed by atoms with Gasteiger partial charge in [0.05, 0.1) is 16.9 Å². The van der Waals surface area contributed by atoms with E-state index in [-0.39, 0.29) is 5.56 Å². The third-order valence-electron chi connectivity index (χ3n) is 3.05. The van der Waals surface area contributed by atoms with Gasteiger partial charge >= 0.3 is 5.97 Å². The lowest BCUT2D eigenvalue weighted by Crippen LogP contribution is -2.16. The molecule has 16 heavy (non-hydrogen) atoms. The molecule has 2 rings (SSSR count). The zero-order valence-corrected chi connectivity index (χ0v) is 9.07. The molecule has 0 radical (unpaired) electrons. The molecule has 0 atom stereocenters. The van der Waals surface area contributed by atoms with Gasteiger partial charge in [0.15, 0.2) is 0 Å². The molecule has 0 aliphatic heterocycles. The number of carbonyl (C=O) groups is 1. The van der Waals surface area contributed by atoms with Crippen LogP contribution in [0.4, 0.5) is 11.4 Å². The number of benzene rings is 1. The SMILES string of the molecule is Nc1c(NC2CCCC2)cccc1C(=O)O. The van der Waals surface area contributed by atoms with Gasteiger partial charge in [0.2, 0.25) is 0 Å². The molecule has 0 amide bonds. The van der Waals surface area contributed by atoms with E-state index < -0.39 is 5.97 Å². The molecule has 1 aromatic rings. The van der Waals surface area contributed by atoms with Crippen LogP contribution in [0.5, 0.6) is 0 Å². The molecule has 1 aliphatic rings. The number of aromatic carboxylic acids is 1. The fraction of sp³-hybridized carbons (Fsp3) is 0.417. The summed E-state index contributed by atoms with van der Waals surface area (Å²) in [6, 6.07) is 5.51. The van der Waals surface area contributed by atoms with E-state index in [0.717, 1.165) is 18.5 Å². The molecule has 1 aliphatic carbocycles. The third kappa shape index (κ3) is 2.10. The molecule has 0 saturated heterocycles. The Bertz CT molecular complexity index is 398. The van der Waals surface area contributed by atoms with Crippen LogP contribution < -0.4 is 11.1 Å². The van der Waals surface area contributed by atoms with Crippen LogP contribution in [0.1, 0.15) is 36.0 Å². The van der Waals surface area contributed by atoms with Crippen molar-refractivity contribution in [3.05, 3.63) is 23.8 Å². The molecule has 1 saturated carbocycles. The number of hydrogen-bond donors (Lipinski definition) is 3.